The van der Waals surface area contributed by atoms with Gasteiger partial charge in [-0.2, -0.15) is 0 Å². The van der Waals surface area contributed by atoms with Crippen LogP contribution in [0.2, 0.25) is 0 Å². The number of rotatable bonds is 17. The zero-order chi connectivity index (χ0) is 26.4. The average Bonchev–Trinajstić information content (AvgIpc) is 2.75. The highest BCUT2D eigenvalue weighted by atomic mass is 16.4. The van der Waals surface area contributed by atoms with Gasteiger partial charge in [-0.1, -0.05) is 34.1 Å². The average molecular weight is 487 g/mol. The van der Waals surface area contributed by atoms with Gasteiger partial charge in [-0.05, 0) is 44.1 Å². The molecule has 0 aromatic heterocycles. The number of hydrogen-bond donors (Lipinski definition) is 7. The van der Waals surface area contributed by atoms with Gasteiger partial charge in [-0.15, -0.1) is 0 Å². The third kappa shape index (κ3) is 11.9. The molecule has 12 nitrogen and oxygen atoms in total. The first kappa shape index (κ1) is 31.3. The Hall–Kier alpha value is -2.73. The van der Waals surface area contributed by atoms with E-state index >= 15 is 0 Å². The number of carboxylic acids is 1. The summed E-state index contributed by atoms with van der Waals surface area (Å²) in [5, 5.41) is 16.8. The molecule has 0 saturated carbocycles. The summed E-state index contributed by atoms with van der Waals surface area (Å²) in [6.07, 6.45) is 1.65. The monoisotopic (exact) mass is 486 g/mol. The van der Waals surface area contributed by atoms with Crippen LogP contribution in [0.4, 0.5) is 0 Å². The summed E-state index contributed by atoms with van der Waals surface area (Å²) in [6, 6.07) is -4.46. The van der Waals surface area contributed by atoms with Gasteiger partial charge < -0.3 is 38.3 Å². The predicted octanol–water partition coefficient (Wildman–Crippen LogP) is -1.05. The van der Waals surface area contributed by atoms with E-state index in [0.29, 0.717) is 25.8 Å². The van der Waals surface area contributed by atoms with Crippen molar-refractivity contribution < 1.29 is 29.1 Å². The molecule has 0 fully saturated rings. The van der Waals surface area contributed by atoms with E-state index in [-0.39, 0.29) is 24.7 Å². The fourth-order valence-electron chi connectivity index (χ4n) is 3.19. The topological polar surface area (TPSA) is 220 Å². The van der Waals surface area contributed by atoms with Crippen LogP contribution in [0.15, 0.2) is 0 Å². The summed E-state index contributed by atoms with van der Waals surface area (Å²) in [5.74, 6) is -4.32. The summed E-state index contributed by atoms with van der Waals surface area (Å²) in [4.78, 5) is 61.3. The van der Waals surface area contributed by atoms with E-state index < -0.39 is 60.2 Å². The fraction of sp³-hybridized carbons (Fsp3) is 0.773. The van der Waals surface area contributed by atoms with Crippen LogP contribution in [0.3, 0.4) is 0 Å². The van der Waals surface area contributed by atoms with Crippen LogP contribution < -0.4 is 33.2 Å². The van der Waals surface area contributed by atoms with Gasteiger partial charge in [0.2, 0.25) is 23.6 Å². The Morgan fingerprint density at radius 2 is 1.38 bits per heavy atom. The zero-order valence-electron chi connectivity index (χ0n) is 20.6. The first-order valence-corrected chi connectivity index (χ1v) is 11.7. The largest absolute Gasteiger partial charge is 0.480 e. The summed E-state index contributed by atoms with van der Waals surface area (Å²) < 4.78 is 0. The normalized spacial score (nSPS) is 15.5. The third-order valence-electron chi connectivity index (χ3n) is 5.50. The minimum Gasteiger partial charge on any atom is -0.480 e. The molecular formula is C22H42N6O6. The molecule has 0 aliphatic heterocycles. The molecule has 12 heteroatoms. The molecule has 0 heterocycles. The molecule has 10 N–H and O–H groups in total. The van der Waals surface area contributed by atoms with E-state index in [2.05, 4.69) is 16.0 Å². The van der Waals surface area contributed by atoms with Gasteiger partial charge in [-0.25, -0.2) is 4.79 Å². The lowest BCUT2D eigenvalue weighted by molar-refractivity contribution is -0.143. The molecule has 0 bridgehead atoms. The number of hydrogen-bond acceptors (Lipinski definition) is 7. The van der Waals surface area contributed by atoms with Crippen molar-refractivity contribution in [1.29, 1.82) is 0 Å². The lowest BCUT2D eigenvalue weighted by Crippen LogP contribution is -2.58. The Balaban J connectivity index is 5.56. The van der Waals surface area contributed by atoms with Gasteiger partial charge in [0.15, 0.2) is 0 Å². The maximum Gasteiger partial charge on any atom is 0.326 e. The minimum atomic E-state index is -1.41. The van der Waals surface area contributed by atoms with Crippen molar-refractivity contribution in [2.45, 2.75) is 90.4 Å². The van der Waals surface area contributed by atoms with E-state index in [1.807, 2.05) is 13.8 Å². The summed E-state index contributed by atoms with van der Waals surface area (Å²) in [6.45, 7) is 7.69. The molecular weight excluding hydrogens is 444 g/mol. The van der Waals surface area contributed by atoms with Crippen LogP contribution in [-0.4, -0.2) is 65.4 Å². The molecule has 34 heavy (non-hydrogen) atoms. The second-order valence-electron chi connectivity index (χ2n) is 9.02. The number of aliphatic carboxylic acids is 1. The number of amides is 4. The van der Waals surface area contributed by atoms with Gasteiger partial charge in [-0.3, -0.25) is 19.2 Å². The molecule has 0 aliphatic carbocycles. The summed E-state index contributed by atoms with van der Waals surface area (Å²) in [7, 11) is 0. The summed E-state index contributed by atoms with van der Waals surface area (Å²) in [5.41, 5.74) is 16.7. The molecule has 0 saturated heterocycles. The Bertz CT molecular complexity index is 701. The van der Waals surface area contributed by atoms with Crippen molar-refractivity contribution in [3.8, 4) is 0 Å². The standard InChI is InChI=1S/C22H42N6O6/c1-5-13(4)18(25)21(32)26-14(8-6-7-9-23)19(30)27-15(11-17(24)29)20(31)28-16(22(33)34)10-12(2)3/h12-16,18H,5-11,23,25H2,1-4H3,(H2,24,29)(H,26,32)(H,27,30)(H,28,31)(H,33,34). The number of carboxylic acid groups (broad SMARTS) is 1. The number of nitrogens with one attached hydrogen (secondary N) is 3. The molecule has 0 aromatic rings. The Labute approximate surface area is 201 Å². The highest BCUT2D eigenvalue weighted by Gasteiger charge is 2.31. The molecule has 0 rings (SSSR count). The molecule has 0 radical (unpaired) electrons. The first-order chi connectivity index (χ1) is 15.8. The van der Waals surface area contributed by atoms with E-state index in [4.69, 9.17) is 17.2 Å². The van der Waals surface area contributed by atoms with Crippen LogP contribution in [0, 0.1) is 11.8 Å². The molecule has 0 aliphatic rings. The molecule has 0 spiro atoms. The van der Waals surface area contributed by atoms with Gasteiger partial charge in [0.25, 0.3) is 0 Å². The van der Waals surface area contributed by atoms with Crippen LogP contribution in [-0.2, 0) is 24.0 Å². The number of carbonyl (C=O) groups is 5. The molecule has 196 valence electrons. The van der Waals surface area contributed by atoms with Gasteiger partial charge in [0.1, 0.15) is 18.1 Å². The van der Waals surface area contributed by atoms with Crippen molar-refractivity contribution in [1.82, 2.24) is 16.0 Å². The highest BCUT2D eigenvalue weighted by Crippen LogP contribution is 2.09. The fourth-order valence-corrected chi connectivity index (χ4v) is 3.19. The zero-order valence-corrected chi connectivity index (χ0v) is 20.6. The lowest BCUT2D eigenvalue weighted by Gasteiger charge is -2.26. The van der Waals surface area contributed by atoms with Gasteiger partial charge in [0.05, 0.1) is 12.5 Å². The van der Waals surface area contributed by atoms with E-state index in [0.717, 1.165) is 0 Å². The Morgan fingerprint density at radius 3 is 1.85 bits per heavy atom. The van der Waals surface area contributed by atoms with E-state index in [9.17, 15) is 29.1 Å². The maximum absolute atomic E-state index is 13.0. The molecule has 4 amide bonds. The van der Waals surface area contributed by atoms with Gasteiger partial charge >= 0.3 is 5.97 Å². The lowest BCUT2D eigenvalue weighted by atomic mass is 9.98. The third-order valence-corrected chi connectivity index (χ3v) is 5.50. The molecule has 5 unspecified atom stereocenters. The molecule has 5 atom stereocenters. The first-order valence-electron chi connectivity index (χ1n) is 11.7. The maximum atomic E-state index is 13.0. The van der Waals surface area contributed by atoms with Crippen molar-refractivity contribution >= 4 is 29.6 Å². The number of carbonyl (C=O) groups excluding carboxylic acids is 4. The van der Waals surface area contributed by atoms with Crippen molar-refractivity contribution in [3.05, 3.63) is 0 Å². The Kier molecular flexibility index (Phi) is 14.7. The van der Waals surface area contributed by atoms with Crippen LogP contribution in [0.5, 0.6) is 0 Å². The second kappa shape index (κ2) is 16.0. The van der Waals surface area contributed by atoms with E-state index in [1.165, 1.54) is 0 Å². The number of primary amides is 1. The van der Waals surface area contributed by atoms with Crippen LogP contribution in [0.1, 0.15) is 66.2 Å². The van der Waals surface area contributed by atoms with Gasteiger partial charge in [0, 0.05) is 0 Å². The van der Waals surface area contributed by atoms with Crippen molar-refractivity contribution in [2.75, 3.05) is 6.54 Å². The Morgan fingerprint density at radius 1 is 0.853 bits per heavy atom. The van der Waals surface area contributed by atoms with E-state index in [1.54, 1.807) is 13.8 Å². The van der Waals surface area contributed by atoms with Crippen molar-refractivity contribution in [2.24, 2.45) is 29.0 Å². The van der Waals surface area contributed by atoms with Crippen molar-refractivity contribution in [3.63, 3.8) is 0 Å². The van der Waals surface area contributed by atoms with Crippen LogP contribution >= 0.6 is 0 Å². The number of unbranched alkanes of at least 4 members (excludes halogenated alkanes) is 1. The second-order valence-corrected chi connectivity index (χ2v) is 9.02. The highest BCUT2D eigenvalue weighted by molar-refractivity contribution is 5.96. The smallest absolute Gasteiger partial charge is 0.326 e. The number of nitrogens with two attached hydrogens (primary N) is 3. The summed E-state index contributed by atoms with van der Waals surface area (Å²) >= 11 is 0. The quantitative estimate of drug-likeness (QED) is 0.125. The molecule has 0 aromatic carbocycles. The van der Waals surface area contributed by atoms with Crippen LogP contribution in [0.25, 0.3) is 0 Å². The SMILES string of the molecule is CCC(C)C(N)C(=O)NC(CCCCN)C(=O)NC(CC(N)=O)C(=O)NC(CC(C)C)C(=O)O. The predicted molar refractivity (Wildman–Crippen MR) is 127 cm³/mol. The minimum absolute atomic E-state index is 0.0255.